The van der Waals surface area contributed by atoms with Crippen molar-refractivity contribution in [2.24, 2.45) is 5.92 Å². The lowest BCUT2D eigenvalue weighted by Gasteiger charge is -2.48. The maximum absolute atomic E-state index is 10.6. The summed E-state index contributed by atoms with van der Waals surface area (Å²) in [6.07, 6.45) is 8.56. The number of aryl methyl sites for hydroxylation is 1. The number of nitriles is 1. The monoisotopic (exact) mass is 528 g/mol. The van der Waals surface area contributed by atoms with Crippen LogP contribution in [0.2, 0.25) is 0 Å². The minimum absolute atomic E-state index is 0. The molecule has 2 nitrogen and oxygen atoms in total. The fourth-order valence-corrected chi connectivity index (χ4v) is 7.11. The predicted molar refractivity (Wildman–Crippen MR) is 139 cm³/mol. The summed E-state index contributed by atoms with van der Waals surface area (Å²) in [6, 6.07) is 36.2. The Morgan fingerprint density at radius 2 is 1.29 bits per heavy atom. The second-order valence-corrected chi connectivity index (χ2v) is 10.8. The molecular formula is C32H37BrN2. The Hall–Kier alpha value is -2.41. The molecule has 0 amide bonds. The Balaban J connectivity index is 0.00000289. The third kappa shape index (κ3) is 5.11. The van der Waals surface area contributed by atoms with Gasteiger partial charge in [0.25, 0.3) is 0 Å². The summed E-state index contributed by atoms with van der Waals surface area (Å²) in [7, 11) is 2.52. The van der Waals surface area contributed by atoms with E-state index >= 15 is 0 Å². The van der Waals surface area contributed by atoms with Gasteiger partial charge in [0.1, 0.15) is 5.41 Å². The van der Waals surface area contributed by atoms with Crippen LogP contribution in [0.5, 0.6) is 0 Å². The summed E-state index contributed by atoms with van der Waals surface area (Å²) in [5.74, 6) is 0.595. The molecule has 2 bridgehead atoms. The van der Waals surface area contributed by atoms with Crippen molar-refractivity contribution >= 4 is 0 Å². The lowest BCUT2D eigenvalue weighted by molar-refractivity contribution is -0.949. The Bertz CT molecular complexity index is 1050. The molecular weight excluding hydrogens is 492 g/mol. The van der Waals surface area contributed by atoms with Gasteiger partial charge in [-0.2, -0.15) is 5.26 Å². The van der Waals surface area contributed by atoms with Crippen LogP contribution in [-0.2, 0) is 11.8 Å². The van der Waals surface area contributed by atoms with Gasteiger partial charge >= 0.3 is 0 Å². The number of rotatable bonds is 8. The molecule has 0 aliphatic carbocycles. The molecule has 182 valence electrons. The molecule has 0 N–H and O–H groups in total. The zero-order valence-electron chi connectivity index (χ0n) is 20.8. The third-order valence-electron chi connectivity index (χ3n) is 8.98. The lowest BCUT2D eigenvalue weighted by Crippen LogP contribution is -3.00. The van der Waals surface area contributed by atoms with E-state index in [4.69, 9.17) is 0 Å². The van der Waals surface area contributed by atoms with Crippen LogP contribution >= 0.6 is 0 Å². The standard InChI is InChI=1S/C32H37N2.BrH/c1-34(21-11-14-26-12-5-2-6-13-26)30-19-20-31(34)23-27(22-30)24-32(25-33,28-15-7-3-8-16-28)29-17-9-4-10-18-29;/h2-10,12-13,15-18,27,30-31H,11,14,19-24H2,1H3;1H/q+1;/p-1. The van der Waals surface area contributed by atoms with Gasteiger partial charge in [-0.1, -0.05) is 91.0 Å². The Kier molecular flexibility index (Phi) is 8.15. The van der Waals surface area contributed by atoms with E-state index in [2.05, 4.69) is 104 Å². The zero-order valence-corrected chi connectivity index (χ0v) is 22.4. The molecule has 2 aliphatic rings. The van der Waals surface area contributed by atoms with Crippen molar-refractivity contribution < 1.29 is 21.5 Å². The topological polar surface area (TPSA) is 23.8 Å². The molecule has 5 rings (SSSR count). The second kappa shape index (κ2) is 11.1. The van der Waals surface area contributed by atoms with E-state index in [0.29, 0.717) is 5.92 Å². The van der Waals surface area contributed by atoms with Crippen LogP contribution in [0.1, 0.15) is 55.2 Å². The highest BCUT2D eigenvalue weighted by molar-refractivity contribution is 5.46. The van der Waals surface area contributed by atoms with Gasteiger partial charge in [0.15, 0.2) is 0 Å². The van der Waals surface area contributed by atoms with Crippen molar-refractivity contribution in [1.29, 1.82) is 5.26 Å². The average molecular weight is 530 g/mol. The van der Waals surface area contributed by atoms with Crippen LogP contribution in [-0.4, -0.2) is 30.2 Å². The van der Waals surface area contributed by atoms with Crippen LogP contribution in [0.3, 0.4) is 0 Å². The van der Waals surface area contributed by atoms with Crippen molar-refractivity contribution in [2.45, 2.75) is 62.4 Å². The lowest BCUT2D eigenvalue weighted by atomic mass is 9.67. The van der Waals surface area contributed by atoms with Crippen molar-refractivity contribution in [3.63, 3.8) is 0 Å². The average Bonchev–Trinajstić information content (AvgIpc) is 3.05. The fraction of sp³-hybridized carbons (Fsp3) is 0.406. The summed E-state index contributed by atoms with van der Waals surface area (Å²) in [4.78, 5) is 0. The van der Waals surface area contributed by atoms with Crippen molar-refractivity contribution in [2.75, 3.05) is 13.6 Å². The maximum atomic E-state index is 10.6. The van der Waals surface area contributed by atoms with E-state index < -0.39 is 5.41 Å². The zero-order chi connectivity index (χ0) is 23.4. The molecule has 0 spiro atoms. The molecule has 2 atom stereocenters. The minimum Gasteiger partial charge on any atom is -1.00 e. The van der Waals surface area contributed by atoms with Gasteiger partial charge in [0.05, 0.1) is 31.7 Å². The first-order valence-electron chi connectivity index (χ1n) is 13.1. The van der Waals surface area contributed by atoms with Crippen LogP contribution in [0.15, 0.2) is 91.0 Å². The van der Waals surface area contributed by atoms with E-state index in [0.717, 1.165) is 29.6 Å². The third-order valence-corrected chi connectivity index (χ3v) is 8.98. The number of nitrogens with zero attached hydrogens (tertiary/aromatic N) is 2. The first kappa shape index (κ1) is 25.7. The van der Waals surface area contributed by atoms with Gasteiger partial charge in [0, 0.05) is 32.1 Å². The number of halogens is 1. The molecule has 2 aliphatic heterocycles. The van der Waals surface area contributed by atoms with Crippen LogP contribution in [0.4, 0.5) is 0 Å². The number of quaternary nitrogens is 1. The normalized spacial score (nSPS) is 25.4. The van der Waals surface area contributed by atoms with Gasteiger partial charge < -0.3 is 21.5 Å². The summed E-state index contributed by atoms with van der Waals surface area (Å²) in [5, 5.41) is 10.6. The maximum Gasteiger partial charge on any atom is 0.107 e. The molecule has 3 aromatic carbocycles. The molecule has 0 saturated carbocycles. The van der Waals surface area contributed by atoms with Crippen molar-refractivity contribution in [1.82, 2.24) is 0 Å². The van der Waals surface area contributed by atoms with E-state index in [9.17, 15) is 5.26 Å². The van der Waals surface area contributed by atoms with Gasteiger partial charge in [-0.3, -0.25) is 0 Å². The van der Waals surface area contributed by atoms with Crippen molar-refractivity contribution in [3.8, 4) is 6.07 Å². The quantitative estimate of drug-likeness (QED) is 0.406. The van der Waals surface area contributed by atoms with Gasteiger partial charge in [-0.05, 0) is 35.4 Å². The molecule has 2 saturated heterocycles. The molecule has 0 aromatic heterocycles. The van der Waals surface area contributed by atoms with Crippen LogP contribution in [0, 0.1) is 17.2 Å². The number of piperidine rings is 1. The first-order valence-corrected chi connectivity index (χ1v) is 13.1. The number of fused-ring (bicyclic) bond motifs is 2. The number of benzene rings is 3. The summed E-state index contributed by atoms with van der Waals surface area (Å²) in [6.45, 7) is 1.28. The minimum atomic E-state index is -0.569. The predicted octanol–water partition coefficient (Wildman–Crippen LogP) is 3.91. The highest BCUT2D eigenvalue weighted by atomic mass is 79.9. The first-order chi connectivity index (χ1) is 16.6. The van der Waals surface area contributed by atoms with Gasteiger partial charge in [0.2, 0.25) is 0 Å². The molecule has 35 heavy (non-hydrogen) atoms. The highest BCUT2D eigenvalue weighted by Gasteiger charge is 2.52. The Labute approximate surface area is 222 Å². The summed E-state index contributed by atoms with van der Waals surface area (Å²) >= 11 is 0. The largest absolute Gasteiger partial charge is 1.00 e. The smallest absolute Gasteiger partial charge is 0.107 e. The molecule has 2 heterocycles. The summed E-state index contributed by atoms with van der Waals surface area (Å²) < 4.78 is 1.25. The molecule has 3 aromatic rings. The second-order valence-electron chi connectivity index (χ2n) is 10.8. The van der Waals surface area contributed by atoms with E-state index in [1.807, 2.05) is 0 Å². The number of hydrogen-bond donors (Lipinski definition) is 0. The number of hydrogen-bond acceptors (Lipinski definition) is 1. The van der Waals surface area contributed by atoms with E-state index in [1.54, 1.807) is 0 Å². The highest BCUT2D eigenvalue weighted by Crippen LogP contribution is 2.48. The molecule has 2 fully saturated rings. The van der Waals surface area contributed by atoms with Gasteiger partial charge in [-0.25, -0.2) is 0 Å². The molecule has 0 radical (unpaired) electrons. The van der Waals surface area contributed by atoms with Crippen molar-refractivity contribution in [3.05, 3.63) is 108 Å². The Morgan fingerprint density at radius 1 is 0.800 bits per heavy atom. The fourth-order valence-electron chi connectivity index (χ4n) is 7.11. The van der Waals surface area contributed by atoms with Gasteiger partial charge in [-0.15, -0.1) is 0 Å². The van der Waals surface area contributed by atoms with E-state index in [-0.39, 0.29) is 17.0 Å². The molecule has 2 unspecified atom stereocenters. The van der Waals surface area contributed by atoms with Crippen LogP contribution < -0.4 is 17.0 Å². The summed E-state index contributed by atoms with van der Waals surface area (Å²) in [5.41, 5.74) is 3.17. The molecule has 3 heteroatoms. The van der Waals surface area contributed by atoms with Crippen LogP contribution in [0.25, 0.3) is 0 Å². The Morgan fingerprint density at radius 3 is 1.77 bits per heavy atom. The van der Waals surface area contributed by atoms with E-state index in [1.165, 1.54) is 55.1 Å². The SMILES string of the molecule is C[N+]1(CCCc2ccccc2)C2CCC1CC(CC(C#N)(c1ccccc1)c1ccccc1)C2.[Br-].